The third-order valence-electron chi connectivity index (χ3n) is 3.20. The predicted molar refractivity (Wildman–Crippen MR) is 91.4 cm³/mol. The fourth-order valence-electron chi connectivity index (χ4n) is 2.25. The number of aryl methyl sites for hydroxylation is 1. The minimum Gasteiger partial charge on any atom is -0.307 e. The van der Waals surface area contributed by atoms with Crippen LogP contribution in [-0.2, 0) is 0 Å². The number of hydrogen-bond acceptors (Lipinski definition) is 6. The van der Waals surface area contributed by atoms with E-state index in [0.29, 0.717) is 22.7 Å². The van der Waals surface area contributed by atoms with Crippen molar-refractivity contribution in [2.24, 2.45) is 0 Å². The van der Waals surface area contributed by atoms with Crippen LogP contribution < -0.4 is 5.32 Å². The molecule has 23 heavy (non-hydrogen) atoms. The predicted octanol–water partition coefficient (Wildman–Crippen LogP) is 3.95. The van der Waals surface area contributed by atoms with Gasteiger partial charge in [0.15, 0.2) is 0 Å². The monoisotopic (exact) mass is 342 g/mol. The second kappa shape index (κ2) is 5.60. The summed E-state index contributed by atoms with van der Waals surface area (Å²) in [5, 5.41) is 10.00. The van der Waals surface area contributed by atoms with E-state index in [9.17, 15) is 0 Å². The van der Waals surface area contributed by atoms with Crippen molar-refractivity contribution >= 4 is 39.7 Å². The molecule has 0 aliphatic heterocycles. The van der Waals surface area contributed by atoms with Gasteiger partial charge in [0.2, 0.25) is 10.9 Å². The number of benzene rings is 1. The molecule has 0 aliphatic carbocycles. The summed E-state index contributed by atoms with van der Waals surface area (Å²) in [7, 11) is 0. The van der Waals surface area contributed by atoms with Crippen molar-refractivity contribution in [3.8, 4) is 11.3 Å². The topological polar surface area (TPSA) is 68.0 Å². The number of anilines is 2. The molecule has 0 radical (unpaired) electrons. The van der Waals surface area contributed by atoms with Crippen LogP contribution in [0, 0.1) is 6.92 Å². The van der Waals surface area contributed by atoms with Crippen LogP contribution in [0.25, 0.3) is 16.2 Å². The molecule has 114 valence electrons. The van der Waals surface area contributed by atoms with Crippen LogP contribution in [0.5, 0.6) is 0 Å². The molecule has 0 atom stereocenters. The lowest BCUT2D eigenvalue weighted by Crippen LogP contribution is -1.99. The third kappa shape index (κ3) is 2.76. The standard InChI is InChI=1S/C15H11ClN6S/c1-9-17-12(16)7-13(18-9)19-14-20-15-22(21-14)11(8-23-15)10-5-3-2-4-6-10/h2-8H,1H3,(H,17,18,19,21). The van der Waals surface area contributed by atoms with Crippen molar-refractivity contribution in [2.75, 3.05) is 5.32 Å². The van der Waals surface area contributed by atoms with E-state index in [2.05, 4.69) is 25.4 Å². The van der Waals surface area contributed by atoms with E-state index in [1.807, 2.05) is 40.2 Å². The highest BCUT2D eigenvalue weighted by Crippen LogP contribution is 2.26. The zero-order chi connectivity index (χ0) is 15.8. The molecule has 0 saturated carbocycles. The largest absolute Gasteiger partial charge is 0.307 e. The first-order valence-electron chi connectivity index (χ1n) is 6.87. The molecule has 1 N–H and O–H groups in total. The fraction of sp³-hybridized carbons (Fsp3) is 0.0667. The Kier molecular flexibility index (Phi) is 3.44. The Bertz CT molecular complexity index is 958. The number of nitrogens with one attached hydrogen (secondary N) is 1. The van der Waals surface area contributed by atoms with Crippen molar-refractivity contribution in [1.82, 2.24) is 24.6 Å². The Morgan fingerprint density at radius 1 is 1.13 bits per heavy atom. The normalized spacial score (nSPS) is 11.0. The number of nitrogens with zero attached hydrogens (tertiary/aromatic N) is 5. The maximum absolute atomic E-state index is 5.94. The number of halogens is 1. The number of aromatic nitrogens is 5. The van der Waals surface area contributed by atoms with Crippen LogP contribution in [0.4, 0.5) is 11.8 Å². The molecule has 0 aliphatic rings. The molecule has 0 saturated heterocycles. The quantitative estimate of drug-likeness (QED) is 0.571. The van der Waals surface area contributed by atoms with Crippen LogP contribution >= 0.6 is 22.9 Å². The van der Waals surface area contributed by atoms with E-state index in [4.69, 9.17) is 11.6 Å². The first-order valence-corrected chi connectivity index (χ1v) is 8.13. The molecule has 8 heteroatoms. The molecule has 4 rings (SSSR count). The highest BCUT2D eigenvalue weighted by atomic mass is 35.5. The van der Waals surface area contributed by atoms with Gasteiger partial charge in [-0.2, -0.15) is 4.98 Å². The molecule has 0 amide bonds. The molecule has 3 heterocycles. The Balaban J connectivity index is 1.71. The first kappa shape index (κ1) is 14.1. The summed E-state index contributed by atoms with van der Waals surface area (Å²) in [4.78, 5) is 13.6. The maximum atomic E-state index is 5.94. The van der Waals surface area contributed by atoms with Gasteiger partial charge in [0.1, 0.15) is 16.8 Å². The molecule has 3 aromatic heterocycles. The number of fused-ring (bicyclic) bond motifs is 1. The Hall–Kier alpha value is -2.51. The van der Waals surface area contributed by atoms with Gasteiger partial charge in [0, 0.05) is 17.0 Å². The zero-order valence-corrected chi connectivity index (χ0v) is 13.6. The molecule has 0 fully saturated rings. The zero-order valence-electron chi connectivity index (χ0n) is 12.1. The summed E-state index contributed by atoms with van der Waals surface area (Å²) >= 11 is 7.48. The summed E-state index contributed by atoms with van der Waals surface area (Å²) in [6, 6.07) is 11.7. The van der Waals surface area contributed by atoms with Crippen LogP contribution in [0.3, 0.4) is 0 Å². The minimum atomic E-state index is 0.381. The van der Waals surface area contributed by atoms with Crippen molar-refractivity contribution in [1.29, 1.82) is 0 Å². The molecule has 1 aromatic carbocycles. The SMILES string of the molecule is Cc1nc(Cl)cc(Nc2nc3scc(-c4ccccc4)n3n2)n1. The van der Waals surface area contributed by atoms with Crippen LogP contribution in [0.2, 0.25) is 5.15 Å². The Labute approximate surface area is 140 Å². The highest BCUT2D eigenvalue weighted by molar-refractivity contribution is 7.15. The maximum Gasteiger partial charge on any atom is 0.249 e. The van der Waals surface area contributed by atoms with Gasteiger partial charge in [0.05, 0.1) is 5.69 Å². The number of thiazole rings is 1. The lowest BCUT2D eigenvalue weighted by Gasteiger charge is -2.02. The molecule has 0 unspecified atom stereocenters. The van der Waals surface area contributed by atoms with Gasteiger partial charge in [0.25, 0.3) is 0 Å². The van der Waals surface area contributed by atoms with Gasteiger partial charge in [-0.05, 0) is 6.92 Å². The molecule has 0 spiro atoms. The first-order chi connectivity index (χ1) is 11.2. The van der Waals surface area contributed by atoms with Crippen LogP contribution in [-0.4, -0.2) is 24.6 Å². The van der Waals surface area contributed by atoms with E-state index < -0.39 is 0 Å². The molecular formula is C15H11ClN6S. The van der Waals surface area contributed by atoms with E-state index >= 15 is 0 Å². The van der Waals surface area contributed by atoms with Crippen molar-refractivity contribution in [3.05, 3.63) is 52.8 Å². The van der Waals surface area contributed by atoms with E-state index in [1.165, 1.54) is 11.3 Å². The summed E-state index contributed by atoms with van der Waals surface area (Å²) in [5.74, 6) is 1.64. The van der Waals surface area contributed by atoms with E-state index in [-0.39, 0.29) is 0 Å². The van der Waals surface area contributed by atoms with Gasteiger partial charge in [-0.25, -0.2) is 14.5 Å². The molecule has 4 aromatic rings. The number of hydrogen-bond donors (Lipinski definition) is 1. The second-order valence-electron chi connectivity index (χ2n) is 4.86. The summed E-state index contributed by atoms with van der Waals surface area (Å²) in [6.45, 7) is 1.78. The average Bonchev–Trinajstić information content (AvgIpc) is 3.06. The lowest BCUT2D eigenvalue weighted by molar-refractivity contribution is 0.983. The van der Waals surface area contributed by atoms with Crippen LogP contribution in [0.1, 0.15) is 5.82 Å². The van der Waals surface area contributed by atoms with Gasteiger partial charge < -0.3 is 5.32 Å². The van der Waals surface area contributed by atoms with Gasteiger partial charge >= 0.3 is 0 Å². The molecule has 6 nitrogen and oxygen atoms in total. The van der Waals surface area contributed by atoms with Crippen molar-refractivity contribution < 1.29 is 0 Å². The third-order valence-corrected chi connectivity index (χ3v) is 4.21. The summed E-state index contributed by atoms with van der Waals surface area (Å²) in [5.41, 5.74) is 2.10. The van der Waals surface area contributed by atoms with Gasteiger partial charge in [-0.3, -0.25) is 0 Å². The van der Waals surface area contributed by atoms with Crippen molar-refractivity contribution in [2.45, 2.75) is 6.92 Å². The Morgan fingerprint density at radius 2 is 1.96 bits per heavy atom. The molecule has 0 bridgehead atoms. The number of rotatable bonds is 3. The highest BCUT2D eigenvalue weighted by Gasteiger charge is 2.12. The molecular weight excluding hydrogens is 332 g/mol. The van der Waals surface area contributed by atoms with Gasteiger partial charge in [-0.1, -0.05) is 41.9 Å². The second-order valence-corrected chi connectivity index (χ2v) is 6.09. The van der Waals surface area contributed by atoms with E-state index in [1.54, 1.807) is 13.0 Å². The minimum absolute atomic E-state index is 0.381. The Morgan fingerprint density at radius 3 is 2.74 bits per heavy atom. The van der Waals surface area contributed by atoms with Crippen molar-refractivity contribution in [3.63, 3.8) is 0 Å². The average molecular weight is 343 g/mol. The van der Waals surface area contributed by atoms with Crippen LogP contribution in [0.15, 0.2) is 41.8 Å². The fourth-order valence-corrected chi connectivity index (χ4v) is 3.31. The van der Waals surface area contributed by atoms with E-state index in [0.717, 1.165) is 16.2 Å². The van der Waals surface area contributed by atoms with Gasteiger partial charge in [-0.15, -0.1) is 16.4 Å². The smallest absolute Gasteiger partial charge is 0.249 e. The summed E-state index contributed by atoms with van der Waals surface area (Å²) < 4.78 is 1.82. The summed E-state index contributed by atoms with van der Waals surface area (Å²) in [6.07, 6.45) is 0. The lowest BCUT2D eigenvalue weighted by atomic mass is 10.2.